The third-order valence-electron chi connectivity index (χ3n) is 1.61. The molecule has 2 N–H and O–H groups in total. The van der Waals surface area contributed by atoms with Gasteiger partial charge in [0.25, 0.3) is 0 Å². The molecule has 0 aromatic heterocycles. The molecule has 0 atom stereocenters. The van der Waals surface area contributed by atoms with Crippen molar-refractivity contribution in [3.63, 3.8) is 0 Å². The largest absolute Gasteiger partial charge is 0.465 e. The molecule has 0 unspecified atom stereocenters. The summed E-state index contributed by atoms with van der Waals surface area (Å²) in [7, 11) is 1.34. The third-order valence-corrected chi connectivity index (χ3v) is 1.61. The van der Waals surface area contributed by atoms with Crippen LogP contribution in [0.3, 0.4) is 0 Å². The maximum Gasteiger partial charge on any atom is 0.339 e. The van der Waals surface area contributed by atoms with E-state index < -0.39 is 5.97 Å². The van der Waals surface area contributed by atoms with Crippen LogP contribution in [0.15, 0.2) is 18.2 Å². The molecule has 0 saturated heterocycles. The smallest absolute Gasteiger partial charge is 0.339 e. The summed E-state index contributed by atoms with van der Waals surface area (Å²) in [6, 6.07) is 5.25. The minimum Gasteiger partial charge on any atom is -0.465 e. The van der Waals surface area contributed by atoms with Crippen molar-refractivity contribution >= 4 is 11.7 Å². The molecule has 0 amide bonds. The van der Waals surface area contributed by atoms with E-state index in [1.54, 1.807) is 12.1 Å². The van der Waals surface area contributed by atoms with E-state index in [2.05, 4.69) is 4.74 Å². The lowest BCUT2D eigenvalue weighted by molar-refractivity contribution is 0.0602. The van der Waals surface area contributed by atoms with Crippen LogP contribution in [0, 0.1) is 6.92 Å². The van der Waals surface area contributed by atoms with Gasteiger partial charge in [0.1, 0.15) is 0 Å². The van der Waals surface area contributed by atoms with Crippen molar-refractivity contribution < 1.29 is 9.53 Å². The minimum atomic E-state index is -0.392. The van der Waals surface area contributed by atoms with E-state index >= 15 is 0 Å². The molecule has 64 valence electrons. The van der Waals surface area contributed by atoms with Gasteiger partial charge in [0, 0.05) is 5.69 Å². The van der Waals surface area contributed by atoms with Crippen molar-refractivity contribution in [2.45, 2.75) is 6.92 Å². The summed E-state index contributed by atoms with van der Waals surface area (Å²) < 4.78 is 4.55. The second kappa shape index (κ2) is 3.26. The zero-order valence-corrected chi connectivity index (χ0v) is 7.13. The summed E-state index contributed by atoms with van der Waals surface area (Å²) in [6.45, 7) is 1.89. The second-order valence-corrected chi connectivity index (χ2v) is 2.58. The molecule has 1 aromatic carbocycles. The van der Waals surface area contributed by atoms with E-state index in [-0.39, 0.29) is 0 Å². The molecule has 1 rings (SSSR count). The van der Waals surface area contributed by atoms with Crippen molar-refractivity contribution in [1.82, 2.24) is 0 Å². The second-order valence-electron chi connectivity index (χ2n) is 2.58. The number of methoxy groups -OCH3 is 1. The average molecular weight is 165 g/mol. The molecule has 0 saturated carbocycles. The van der Waals surface area contributed by atoms with Crippen molar-refractivity contribution in [1.29, 1.82) is 0 Å². The summed E-state index contributed by atoms with van der Waals surface area (Å²) in [5, 5.41) is 0. The minimum absolute atomic E-state index is 0.392. The first-order valence-electron chi connectivity index (χ1n) is 3.59. The van der Waals surface area contributed by atoms with Gasteiger partial charge < -0.3 is 10.5 Å². The molecule has 0 heterocycles. The van der Waals surface area contributed by atoms with E-state index in [1.807, 2.05) is 13.0 Å². The van der Waals surface area contributed by atoms with Gasteiger partial charge in [0.05, 0.1) is 12.7 Å². The summed E-state index contributed by atoms with van der Waals surface area (Å²) in [6.07, 6.45) is 0. The Hall–Kier alpha value is -1.51. The number of esters is 1. The quantitative estimate of drug-likeness (QED) is 0.505. The Morgan fingerprint density at radius 2 is 2.17 bits per heavy atom. The zero-order chi connectivity index (χ0) is 9.14. The van der Waals surface area contributed by atoms with E-state index in [0.717, 1.165) is 5.56 Å². The van der Waals surface area contributed by atoms with Crippen LogP contribution < -0.4 is 5.73 Å². The molecule has 0 aliphatic heterocycles. The maximum atomic E-state index is 11.1. The van der Waals surface area contributed by atoms with E-state index in [9.17, 15) is 4.79 Å². The van der Waals surface area contributed by atoms with Crippen molar-refractivity contribution in [3.8, 4) is 0 Å². The maximum absolute atomic E-state index is 11.1. The number of nitrogens with two attached hydrogens (primary N) is 1. The topological polar surface area (TPSA) is 52.3 Å². The Labute approximate surface area is 71.1 Å². The Bertz CT molecular complexity index is 307. The fourth-order valence-corrected chi connectivity index (χ4v) is 0.957. The highest BCUT2D eigenvalue weighted by Gasteiger charge is 2.08. The lowest BCUT2D eigenvalue weighted by Gasteiger charge is -2.03. The van der Waals surface area contributed by atoms with Crippen molar-refractivity contribution in [3.05, 3.63) is 29.3 Å². The molecule has 3 heteroatoms. The molecule has 0 bridgehead atoms. The first-order valence-corrected chi connectivity index (χ1v) is 3.59. The van der Waals surface area contributed by atoms with Gasteiger partial charge in [-0.1, -0.05) is 11.6 Å². The summed E-state index contributed by atoms with van der Waals surface area (Å²) in [5.41, 5.74) is 7.44. The number of carbonyl (C=O) groups is 1. The van der Waals surface area contributed by atoms with E-state index in [4.69, 9.17) is 5.73 Å². The summed E-state index contributed by atoms with van der Waals surface area (Å²) in [5.74, 6) is -0.392. The molecule has 1 aromatic rings. The van der Waals surface area contributed by atoms with Crippen LogP contribution >= 0.6 is 0 Å². The average Bonchev–Trinajstić information content (AvgIpc) is 2.08. The third kappa shape index (κ3) is 1.56. The van der Waals surface area contributed by atoms with Crippen LogP contribution in [0.25, 0.3) is 0 Å². The molecule has 0 radical (unpaired) electrons. The van der Waals surface area contributed by atoms with Crippen LogP contribution in [-0.4, -0.2) is 13.1 Å². The van der Waals surface area contributed by atoms with Crippen LogP contribution in [0.1, 0.15) is 15.9 Å². The highest BCUT2D eigenvalue weighted by Crippen LogP contribution is 2.14. The number of ether oxygens (including phenoxy) is 1. The first-order chi connectivity index (χ1) is 5.65. The predicted octanol–water partition coefficient (Wildman–Crippen LogP) is 1.36. The van der Waals surface area contributed by atoms with E-state index in [1.165, 1.54) is 7.11 Å². The molecular formula is C9H11NO2. The van der Waals surface area contributed by atoms with Gasteiger partial charge in [0.2, 0.25) is 0 Å². The van der Waals surface area contributed by atoms with Gasteiger partial charge >= 0.3 is 5.97 Å². The van der Waals surface area contributed by atoms with Gasteiger partial charge in [-0.3, -0.25) is 0 Å². The Balaban J connectivity index is 3.13. The van der Waals surface area contributed by atoms with Gasteiger partial charge in [-0.25, -0.2) is 4.79 Å². The Kier molecular flexibility index (Phi) is 2.33. The summed E-state index contributed by atoms with van der Waals surface area (Å²) >= 11 is 0. The predicted molar refractivity (Wildman–Crippen MR) is 46.9 cm³/mol. The number of nitrogen functional groups attached to an aromatic ring is 1. The van der Waals surface area contributed by atoms with Crippen LogP contribution in [0.2, 0.25) is 0 Å². The highest BCUT2D eigenvalue weighted by molar-refractivity contribution is 5.95. The number of rotatable bonds is 1. The van der Waals surface area contributed by atoms with Gasteiger partial charge in [0.15, 0.2) is 0 Å². The molecule has 12 heavy (non-hydrogen) atoms. The fourth-order valence-electron chi connectivity index (χ4n) is 0.957. The van der Waals surface area contributed by atoms with Crippen molar-refractivity contribution in [2.24, 2.45) is 0 Å². The van der Waals surface area contributed by atoms with Crippen LogP contribution in [0.4, 0.5) is 5.69 Å². The van der Waals surface area contributed by atoms with E-state index in [0.29, 0.717) is 11.3 Å². The number of anilines is 1. The Morgan fingerprint density at radius 3 is 2.75 bits per heavy atom. The van der Waals surface area contributed by atoms with Gasteiger partial charge in [-0.05, 0) is 19.1 Å². The van der Waals surface area contributed by atoms with Gasteiger partial charge in [-0.15, -0.1) is 0 Å². The lowest BCUT2D eigenvalue weighted by Crippen LogP contribution is -2.05. The number of hydrogen-bond acceptors (Lipinski definition) is 3. The van der Waals surface area contributed by atoms with Crippen LogP contribution in [0.5, 0.6) is 0 Å². The molecule has 0 aliphatic carbocycles. The number of hydrogen-bond donors (Lipinski definition) is 1. The Morgan fingerprint density at radius 1 is 1.50 bits per heavy atom. The molecular weight excluding hydrogens is 154 g/mol. The zero-order valence-electron chi connectivity index (χ0n) is 7.13. The van der Waals surface area contributed by atoms with Crippen molar-refractivity contribution in [2.75, 3.05) is 12.8 Å². The molecule has 3 nitrogen and oxygen atoms in total. The highest BCUT2D eigenvalue weighted by atomic mass is 16.5. The SMILES string of the molecule is COC(=O)c1cc(C)ccc1N. The number of benzene rings is 1. The standard InChI is InChI=1S/C9H11NO2/c1-6-3-4-8(10)7(5-6)9(11)12-2/h3-5H,10H2,1-2H3. The molecule has 0 spiro atoms. The monoisotopic (exact) mass is 165 g/mol. The number of carbonyl (C=O) groups excluding carboxylic acids is 1. The molecule has 0 aliphatic rings. The van der Waals surface area contributed by atoms with Gasteiger partial charge in [-0.2, -0.15) is 0 Å². The fraction of sp³-hybridized carbons (Fsp3) is 0.222. The normalized spacial score (nSPS) is 9.50. The lowest BCUT2D eigenvalue weighted by atomic mass is 10.1. The molecule has 0 fully saturated rings. The van der Waals surface area contributed by atoms with Crippen LogP contribution in [-0.2, 0) is 4.74 Å². The first kappa shape index (κ1) is 8.59. The number of aryl methyl sites for hydroxylation is 1. The summed E-state index contributed by atoms with van der Waals surface area (Å²) in [4.78, 5) is 11.1.